The van der Waals surface area contributed by atoms with E-state index in [0.29, 0.717) is 33.9 Å². The maximum absolute atomic E-state index is 15.0. The molecule has 8 nitrogen and oxygen atoms in total. The van der Waals surface area contributed by atoms with Gasteiger partial charge in [-0.25, -0.2) is 14.4 Å². The molecule has 40 heavy (non-hydrogen) atoms. The van der Waals surface area contributed by atoms with Crippen LogP contribution < -0.4 is 15.6 Å². The largest absolute Gasteiger partial charge is 0.497 e. The van der Waals surface area contributed by atoms with E-state index in [0.717, 1.165) is 25.2 Å². The van der Waals surface area contributed by atoms with Crippen LogP contribution in [0.15, 0.2) is 59.4 Å². The molecule has 2 aromatic heterocycles. The second kappa shape index (κ2) is 12.0. The summed E-state index contributed by atoms with van der Waals surface area (Å²) >= 11 is 0. The van der Waals surface area contributed by atoms with Gasteiger partial charge in [-0.3, -0.25) is 19.1 Å². The highest BCUT2D eigenvalue weighted by Crippen LogP contribution is 2.27. The molecular weight excluding hydrogens is 509 g/mol. The van der Waals surface area contributed by atoms with Crippen LogP contribution in [0.2, 0.25) is 0 Å². The van der Waals surface area contributed by atoms with Crippen molar-refractivity contribution >= 4 is 16.9 Å². The summed E-state index contributed by atoms with van der Waals surface area (Å²) < 4.78 is 21.7. The third kappa shape index (κ3) is 6.04. The van der Waals surface area contributed by atoms with E-state index in [-0.39, 0.29) is 24.0 Å². The van der Waals surface area contributed by atoms with Gasteiger partial charge in [0, 0.05) is 23.7 Å². The third-order valence-corrected chi connectivity index (χ3v) is 7.04. The first-order chi connectivity index (χ1) is 19.3. The Balaban J connectivity index is 1.59. The lowest BCUT2D eigenvalue weighted by molar-refractivity contribution is -0.122. The van der Waals surface area contributed by atoms with Gasteiger partial charge in [0.25, 0.3) is 5.56 Å². The molecule has 1 aliphatic heterocycles. The Morgan fingerprint density at radius 3 is 2.60 bits per heavy atom. The fourth-order valence-electron chi connectivity index (χ4n) is 5.13. The molecule has 0 saturated carbocycles. The van der Waals surface area contributed by atoms with Crippen LogP contribution in [0, 0.1) is 5.82 Å². The average molecular weight is 544 g/mol. The van der Waals surface area contributed by atoms with Gasteiger partial charge in [-0.15, -0.1) is 0 Å². The molecule has 0 aliphatic carbocycles. The highest BCUT2D eigenvalue weighted by molar-refractivity contribution is 5.81. The van der Waals surface area contributed by atoms with E-state index < -0.39 is 11.4 Å². The average Bonchev–Trinajstić information content (AvgIpc) is 2.95. The number of ether oxygens (including phenoxy) is 1. The first kappa shape index (κ1) is 27.5. The van der Waals surface area contributed by atoms with E-state index in [9.17, 15) is 9.59 Å². The standard InChI is InChI=1S/C31H34FN5O3/c1-20(2)33-28(38)19-37-30(22-8-7-9-23(17-22)40-3)35-27-13-12-26(34-29(27)31(37)39)24-16-21(10-11-25(24)32)18-36-14-5-4-6-15-36/h7-13,16-17,20H,4-6,14-15,18-19H2,1-3H3,(H,33,38). The van der Waals surface area contributed by atoms with Gasteiger partial charge in [0.05, 0.1) is 18.3 Å². The number of carbonyl (C=O) groups excluding carboxylic acids is 1. The van der Waals surface area contributed by atoms with Crippen LogP contribution >= 0.6 is 0 Å². The van der Waals surface area contributed by atoms with Gasteiger partial charge in [0.2, 0.25) is 5.91 Å². The minimum absolute atomic E-state index is 0.0716. The zero-order valence-corrected chi connectivity index (χ0v) is 23.1. The fraction of sp³-hybridized carbons (Fsp3) is 0.355. The number of aromatic nitrogens is 3. The van der Waals surface area contributed by atoms with E-state index in [4.69, 9.17) is 9.72 Å². The van der Waals surface area contributed by atoms with Crippen LogP contribution in [0.1, 0.15) is 38.7 Å². The Morgan fingerprint density at radius 2 is 1.85 bits per heavy atom. The topological polar surface area (TPSA) is 89.3 Å². The van der Waals surface area contributed by atoms with E-state index in [1.165, 1.54) is 29.9 Å². The van der Waals surface area contributed by atoms with Gasteiger partial charge >= 0.3 is 0 Å². The lowest BCUT2D eigenvalue weighted by atomic mass is 10.0. The van der Waals surface area contributed by atoms with Gasteiger partial charge < -0.3 is 10.1 Å². The third-order valence-electron chi connectivity index (χ3n) is 7.04. The van der Waals surface area contributed by atoms with Crippen molar-refractivity contribution in [3.63, 3.8) is 0 Å². The molecule has 2 aromatic carbocycles. The van der Waals surface area contributed by atoms with Crippen LogP contribution in [0.5, 0.6) is 5.75 Å². The molecule has 1 aliphatic rings. The Labute approximate surface area is 232 Å². The number of nitrogens with zero attached hydrogens (tertiary/aromatic N) is 4. The molecule has 0 spiro atoms. The van der Waals surface area contributed by atoms with Crippen LogP contribution in [-0.2, 0) is 17.9 Å². The van der Waals surface area contributed by atoms with Gasteiger partial charge in [0.1, 0.15) is 23.9 Å². The summed E-state index contributed by atoms with van der Waals surface area (Å²) in [6.07, 6.45) is 3.59. The number of hydrogen-bond donors (Lipinski definition) is 1. The summed E-state index contributed by atoms with van der Waals surface area (Å²) in [6.45, 7) is 6.27. The van der Waals surface area contributed by atoms with Crippen molar-refractivity contribution in [1.82, 2.24) is 24.8 Å². The van der Waals surface area contributed by atoms with Crippen molar-refractivity contribution in [2.24, 2.45) is 0 Å². The first-order valence-electron chi connectivity index (χ1n) is 13.7. The first-order valence-corrected chi connectivity index (χ1v) is 13.7. The lowest BCUT2D eigenvalue weighted by Gasteiger charge is -2.26. The molecule has 0 radical (unpaired) electrons. The van der Waals surface area contributed by atoms with Crippen molar-refractivity contribution in [2.45, 2.75) is 52.2 Å². The van der Waals surface area contributed by atoms with E-state index in [2.05, 4.69) is 15.2 Å². The molecule has 1 N–H and O–H groups in total. The highest BCUT2D eigenvalue weighted by atomic mass is 19.1. The summed E-state index contributed by atoms with van der Waals surface area (Å²) in [7, 11) is 1.56. The van der Waals surface area contributed by atoms with E-state index in [1.54, 1.807) is 49.6 Å². The Hall–Kier alpha value is -4.11. The summed E-state index contributed by atoms with van der Waals surface area (Å²) in [4.78, 5) is 38.3. The van der Waals surface area contributed by atoms with Gasteiger partial charge in [-0.1, -0.05) is 24.6 Å². The smallest absolute Gasteiger partial charge is 0.280 e. The predicted octanol–water partition coefficient (Wildman–Crippen LogP) is 4.78. The Bertz CT molecular complexity index is 1590. The maximum Gasteiger partial charge on any atom is 0.280 e. The number of pyridine rings is 1. The Kier molecular flexibility index (Phi) is 8.21. The molecule has 208 valence electrons. The summed E-state index contributed by atoms with van der Waals surface area (Å²) in [6, 6.07) is 15.5. The number of halogens is 1. The van der Waals surface area contributed by atoms with Gasteiger partial charge in [-0.2, -0.15) is 0 Å². The van der Waals surface area contributed by atoms with Gasteiger partial charge in [-0.05, 0) is 81.7 Å². The zero-order valence-electron chi connectivity index (χ0n) is 23.1. The monoisotopic (exact) mass is 543 g/mol. The quantitative estimate of drug-likeness (QED) is 0.344. The molecular formula is C31H34FN5O3. The number of carbonyl (C=O) groups is 1. The molecule has 0 atom stereocenters. The lowest BCUT2D eigenvalue weighted by Crippen LogP contribution is -2.37. The summed E-state index contributed by atoms with van der Waals surface area (Å²) in [5, 5.41) is 2.83. The van der Waals surface area contributed by atoms with Crippen molar-refractivity contribution in [3.8, 4) is 28.4 Å². The predicted molar refractivity (Wildman–Crippen MR) is 154 cm³/mol. The Morgan fingerprint density at radius 1 is 1.05 bits per heavy atom. The molecule has 9 heteroatoms. The minimum Gasteiger partial charge on any atom is -0.497 e. The van der Waals surface area contributed by atoms with Crippen LogP contribution in [0.3, 0.4) is 0 Å². The summed E-state index contributed by atoms with van der Waals surface area (Å²) in [5.74, 6) is 0.180. The molecule has 1 fully saturated rings. The van der Waals surface area contributed by atoms with Crippen LogP contribution in [-0.4, -0.2) is 51.6 Å². The van der Waals surface area contributed by atoms with E-state index in [1.807, 2.05) is 19.9 Å². The number of methoxy groups -OCH3 is 1. The fourth-order valence-corrected chi connectivity index (χ4v) is 5.13. The normalized spacial score (nSPS) is 14.0. The molecule has 4 aromatic rings. The molecule has 5 rings (SSSR count). The number of piperidine rings is 1. The number of benzene rings is 2. The zero-order chi connectivity index (χ0) is 28.2. The maximum atomic E-state index is 15.0. The van der Waals surface area contributed by atoms with Crippen LogP contribution in [0.4, 0.5) is 4.39 Å². The number of rotatable bonds is 8. The minimum atomic E-state index is -0.478. The van der Waals surface area contributed by atoms with Crippen molar-refractivity contribution < 1.29 is 13.9 Å². The van der Waals surface area contributed by atoms with E-state index >= 15 is 4.39 Å². The second-order valence-corrected chi connectivity index (χ2v) is 10.5. The molecule has 0 unspecified atom stereocenters. The summed E-state index contributed by atoms with van der Waals surface area (Å²) in [5.41, 5.74) is 2.24. The van der Waals surface area contributed by atoms with Crippen molar-refractivity contribution in [2.75, 3.05) is 20.2 Å². The van der Waals surface area contributed by atoms with Crippen LogP contribution in [0.25, 0.3) is 33.7 Å². The molecule has 0 bridgehead atoms. The molecule has 3 heterocycles. The number of fused-ring (bicyclic) bond motifs is 1. The number of nitrogens with one attached hydrogen (secondary N) is 1. The highest BCUT2D eigenvalue weighted by Gasteiger charge is 2.19. The molecule has 1 saturated heterocycles. The second-order valence-electron chi connectivity index (χ2n) is 10.5. The number of hydrogen-bond acceptors (Lipinski definition) is 6. The number of likely N-dealkylation sites (tertiary alicyclic amines) is 1. The number of amides is 1. The van der Waals surface area contributed by atoms with Crippen molar-refractivity contribution in [1.29, 1.82) is 0 Å². The molecule has 1 amide bonds. The SMILES string of the molecule is COc1cccc(-c2nc3ccc(-c4cc(CN5CCCCC5)ccc4F)nc3c(=O)n2CC(=O)NC(C)C)c1. The van der Waals surface area contributed by atoms with Crippen molar-refractivity contribution in [3.05, 3.63) is 76.3 Å². The van der Waals surface area contributed by atoms with Gasteiger partial charge in [0.15, 0.2) is 5.52 Å².